The van der Waals surface area contributed by atoms with Crippen molar-refractivity contribution in [3.05, 3.63) is 23.2 Å². The van der Waals surface area contributed by atoms with Crippen molar-refractivity contribution in [3.8, 4) is 0 Å². The molecule has 0 aliphatic heterocycles. The first kappa shape index (κ1) is 8.47. The van der Waals surface area contributed by atoms with Crippen molar-refractivity contribution in [3.63, 3.8) is 0 Å². The normalized spacial score (nSPS) is 10.8. The molecule has 2 rings (SSSR count). The molecular formula is C9H11N3S. The van der Waals surface area contributed by atoms with Gasteiger partial charge in [0.1, 0.15) is 0 Å². The van der Waals surface area contributed by atoms with E-state index in [0.717, 1.165) is 27.3 Å². The number of benzene rings is 1. The van der Waals surface area contributed by atoms with Crippen molar-refractivity contribution in [2.75, 3.05) is 12.3 Å². The predicted octanol–water partition coefficient (Wildman–Crippen LogP) is 1.38. The minimum absolute atomic E-state index is 0.639. The van der Waals surface area contributed by atoms with Gasteiger partial charge in [0.25, 0.3) is 0 Å². The standard InChI is InChI=1S/C9H11N3S/c10-5-4-8-12-7-3-1-2-6(11)9(7)13-8/h1-3H,4-5,10-11H2. The van der Waals surface area contributed by atoms with Gasteiger partial charge < -0.3 is 11.5 Å². The molecule has 0 saturated carbocycles. The largest absolute Gasteiger partial charge is 0.398 e. The van der Waals surface area contributed by atoms with E-state index >= 15 is 0 Å². The summed E-state index contributed by atoms with van der Waals surface area (Å²) in [5.41, 5.74) is 13.0. The quantitative estimate of drug-likeness (QED) is 0.708. The first-order valence-electron chi connectivity index (χ1n) is 4.15. The van der Waals surface area contributed by atoms with Gasteiger partial charge in [0, 0.05) is 6.42 Å². The van der Waals surface area contributed by atoms with Gasteiger partial charge in [-0.25, -0.2) is 4.98 Å². The lowest BCUT2D eigenvalue weighted by molar-refractivity contribution is 0.958. The van der Waals surface area contributed by atoms with E-state index in [1.54, 1.807) is 11.3 Å². The lowest BCUT2D eigenvalue weighted by atomic mass is 10.3. The Hall–Kier alpha value is -1.13. The van der Waals surface area contributed by atoms with Crippen LogP contribution in [0.4, 0.5) is 5.69 Å². The molecule has 0 saturated heterocycles. The zero-order valence-corrected chi connectivity index (χ0v) is 7.97. The fraction of sp³-hybridized carbons (Fsp3) is 0.222. The number of nitrogens with zero attached hydrogens (tertiary/aromatic N) is 1. The van der Waals surface area contributed by atoms with Gasteiger partial charge in [-0.2, -0.15) is 0 Å². The summed E-state index contributed by atoms with van der Waals surface area (Å²) in [6, 6.07) is 5.79. The highest BCUT2D eigenvalue weighted by atomic mass is 32.1. The topological polar surface area (TPSA) is 64.9 Å². The van der Waals surface area contributed by atoms with Crippen molar-refractivity contribution >= 4 is 27.2 Å². The van der Waals surface area contributed by atoms with Crippen LogP contribution in [0.15, 0.2) is 18.2 Å². The van der Waals surface area contributed by atoms with Crippen LogP contribution < -0.4 is 11.5 Å². The highest BCUT2D eigenvalue weighted by Crippen LogP contribution is 2.27. The van der Waals surface area contributed by atoms with E-state index in [9.17, 15) is 0 Å². The van der Waals surface area contributed by atoms with Crippen molar-refractivity contribution in [1.29, 1.82) is 0 Å². The van der Waals surface area contributed by atoms with Gasteiger partial charge in [0.15, 0.2) is 0 Å². The Morgan fingerprint density at radius 1 is 1.38 bits per heavy atom. The van der Waals surface area contributed by atoms with Crippen LogP contribution in [-0.2, 0) is 6.42 Å². The molecule has 0 bridgehead atoms. The molecule has 1 aromatic carbocycles. The molecule has 4 heteroatoms. The number of fused-ring (bicyclic) bond motifs is 1. The second-order valence-corrected chi connectivity index (χ2v) is 3.93. The van der Waals surface area contributed by atoms with Crippen LogP contribution in [0.1, 0.15) is 5.01 Å². The Morgan fingerprint density at radius 3 is 2.92 bits per heavy atom. The van der Waals surface area contributed by atoms with Crippen LogP contribution in [0.5, 0.6) is 0 Å². The molecule has 13 heavy (non-hydrogen) atoms. The number of anilines is 1. The van der Waals surface area contributed by atoms with Crippen molar-refractivity contribution < 1.29 is 0 Å². The maximum absolute atomic E-state index is 5.80. The van der Waals surface area contributed by atoms with Crippen molar-refractivity contribution in [2.24, 2.45) is 5.73 Å². The van der Waals surface area contributed by atoms with E-state index in [2.05, 4.69) is 4.98 Å². The SMILES string of the molecule is NCCc1nc2cccc(N)c2s1. The molecule has 0 atom stereocenters. The maximum atomic E-state index is 5.80. The van der Waals surface area contributed by atoms with Gasteiger partial charge in [-0.1, -0.05) is 6.07 Å². The minimum Gasteiger partial charge on any atom is -0.398 e. The molecule has 0 spiro atoms. The van der Waals surface area contributed by atoms with Crippen LogP contribution in [0.3, 0.4) is 0 Å². The molecular weight excluding hydrogens is 182 g/mol. The average molecular weight is 193 g/mol. The fourth-order valence-corrected chi connectivity index (χ4v) is 2.25. The molecule has 2 aromatic rings. The average Bonchev–Trinajstić information content (AvgIpc) is 2.49. The Kier molecular flexibility index (Phi) is 2.16. The molecule has 1 aromatic heterocycles. The Balaban J connectivity index is 2.55. The summed E-state index contributed by atoms with van der Waals surface area (Å²) in [5.74, 6) is 0. The molecule has 0 aliphatic carbocycles. The first-order chi connectivity index (χ1) is 6.31. The Bertz CT molecular complexity index is 422. The third kappa shape index (κ3) is 1.50. The number of hydrogen-bond donors (Lipinski definition) is 2. The molecule has 4 N–H and O–H groups in total. The van der Waals surface area contributed by atoms with Crippen LogP contribution in [0.25, 0.3) is 10.2 Å². The van der Waals surface area contributed by atoms with E-state index in [-0.39, 0.29) is 0 Å². The minimum atomic E-state index is 0.639. The number of nitrogens with two attached hydrogens (primary N) is 2. The van der Waals surface area contributed by atoms with Gasteiger partial charge in [0.05, 0.1) is 20.9 Å². The Labute approximate surface area is 80.4 Å². The van der Waals surface area contributed by atoms with E-state index in [0.29, 0.717) is 6.54 Å². The highest BCUT2D eigenvalue weighted by molar-refractivity contribution is 7.19. The van der Waals surface area contributed by atoms with E-state index < -0.39 is 0 Å². The summed E-state index contributed by atoms with van der Waals surface area (Å²) in [6.45, 7) is 0.639. The maximum Gasteiger partial charge on any atom is 0.0952 e. The number of rotatable bonds is 2. The third-order valence-corrected chi connectivity index (χ3v) is 3.03. The smallest absolute Gasteiger partial charge is 0.0952 e. The summed E-state index contributed by atoms with van der Waals surface area (Å²) in [5, 5.41) is 1.07. The second-order valence-electron chi connectivity index (χ2n) is 2.84. The summed E-state index contributed by atoms with van der Waals surface area (Å²) >= 11 is 1.63. The zero-order valence-electron chi connectivity index (χ0n) is 7.16. The van der Waals surface area contributed by atoms with E-state index in [4.69, 9.17) is 11.5 Å². The predicted molar refractivity (Wildman–Crippen MR) is 56.8 cm³/mol. The number of hydrogen-bond acceptors (Lipinski definition) is 4. The lowest BCUT2D eigenvalue weighted by Crippen LogP contribution is -2.01. The summed E-state index contributed by atoms with van der Waals surface area (Å²) < 4.78 is 1.07. The summed E-state index contributed by atoms with van der Waals surface area (Å²) in [7, 11) is 0. The van der Waals surface area contributed by atoms with Gasteiger partial charge >= 0.3 is 0 Å². The summed E-state index contributed by atoms with van der Waals surface area (Å²) in [4.78, 5) is 4.42. The summed E-state index contributed by atoms with van der Waals surface area (Å²) in [6.07, 6.45) is 0.832. The van der Waals surface area contributed by atoms with Gasteiger partial charge in [-0.15, -0.1) is 11.3 Å². The first-order valence-corrected chi connectivity index (χ1v) is 4.97. The second kappa shape index (κ2) is 3.32. The highest BCUT2D eigenvalue weighted by Gasteiger charge is 2.04. The van der Waals surface area contributed by atoms with Crippen LogP contribution >= 0.6 is 11.3 Å². The number of nitrogen functional groups attached to an aromatic ring is 1. The molecule has 68 valence electrons. The van der Waals surface area contributed by atoms with E-state index in [1.165, 1.54) is 0 Å². The molecule has 1 heterocycles. The van der Waals surface area contributed by atoms with Crippen LogP contribution in [-0.4, -0.2) is 11.5 Å². The number of thiazole rings is 1. The van der Waals surface area contributed by atoms with Crippen molar-refractivity contribution in [1.82, 2.24) is 4.98 Å². The van der Waals surface area contributed by atoms with Gasteiger partial charge in [0.2, 0.25) is 0 Å². The van der Waals surface area contributed by atoms with E-state index in [1.807, 2.05) is 18.2 Å². The van der Waals surface area contributed by atoms with Crippen LogP contribution in [0, 0.1) is 0 Å². The molecule has 0 fully saturated rings. The fourth-order valence-electron chi connectivity index (χ4n) is 1.25. The lowest BCUT2D eigenvalue weighted by Gasteiger charge is -1.90. The van der Waals surface area contributed by atoms with Gasteiger partial charge in [-0.05, 0) is 18.7 Å². The number of aromatic nitrogens is 1. The molecule has 3 nitrogen and oxygen atoms in total. The molecule has 0 radical (unpaired) electrons. The van der Waals surface area contributed by atoms with Crippen molar-refractivity contribution in [2.45, 2.75) is 6.42 Å². The van der Waals surface area contributed by atoms with Crippen LogP contribution in [0.2, 0.25) is 0 Å². The monoisotopic (exact) mass is 193 g/mol. The molecule has 0 amide bonds. The zero-order chi connectivity index (χ0) is 9.26. The Morgan fingerprint density at radius 2 is 2.23 bits per heavy atom. The third-order valence-electron chi connectivity index (χ3n) is 1.85. The molecule has 0 unspecified atom stereocenters. The van der Waals surface area contributed by atoms with Gasteiger partial charge in [-0.3, -0.25) is 0 Å². The molecule has 0 aliphatic rings.